The van der Waals surface area contributed by atoms with Gasteiger partial charge in [-0.05, 0) is 30.7 Å². The van der Waals surface area contributed by atoms with E-state index in [1.54, 1.807) is 32.4 Å². The molecular weight excluding hydrogens is 528 g/mol. The molecule has 7 nitrogen and oxygen atoms in total. The topological polar surface area (TPSA) is 77.0 Å². The minimum atomic E-state index is -4.43. The second kappa shape index (κ2) is 13.1. The summed E-state index contributed by atoms with van der Waals surface area (Å²) in [7, 11) is 3.12. The molecule has 0 radical (unpaired) electrons. The molecule has 2 aromatic rings. The number of rotatable bonds is 9. The van der Waals surface area contributed by atoms with Gasteiger partial charge in [0.05, 0.1) is 20.8 Å². The van der Waals surface area contributed by atoms with E-state index in [0.717, 1.165) is 5.56 Å². The van der Waals surface area contributed by atoms with Crippen molar-refractivity contribution in [3.8, 4) is 17.4 Å². The van der Waals surface area contributed by atoms with Gasteiger partial charge in [-0.15, -0.1) is 24.0 Å². The Hall–Kier alpha value is -2.44. The van der Waals surface area contributed by atoms with Crippen LogP contribution in [0.1, 0.15) is 18.1 Å². The van der Waals surface area contributed by atoms with Gasteiger partial charge in [-0.3, -0.25) is 0 Å². The number of benzene rings is 1. The molecule has 172 valence electrons. The van der Waals surface area contributed by atoms with Gasteiger partial charge in [0, 0.05) is 24.8 Å². The van der Waals surface area contributed by atoms with Crippen molar-refractivity contribution < 1.29 is 27.4 Å². The maximum atomic E-state index is 12.4. The predicted octanol–water partition coefficient (Wildman–Crippen LogP) is 3.91. The fourth-order valence-corrected chi connectivity index (χ4v) is 2.51. The molecule has 0 spiro atoms. The highest BCUT2D eigenvalue weighted by Gasteiger charge is 2.29. The van der Waals surface area contributed by atoms with Crippen LogP contribution in [-0.2, 0) is 13.1 Å². The molecule has 1 heterocycles. The first-order valence-electron chi connectivity index (χ1n) is 9.22. The van der Waals surface area contributed by atoms with Gasteiger partial charge in [-0.25, -0.2) is 9.98 Å². The third kappa shape index (κ3) is 9.07. The van der Waals surface area contributed by atoms with Gasteiger partial charge in [-0.1, -0.05) is 12.1 Å². The second-order valence-corrected chi connectivity index (χ2v) is 6.11. The highest BCUT2D eigenvalue weighted by molar-refractivity contribution is 14.0. The van der Waals surface area contributed by atoms with Crippen LogP contribution in [0.5, 0.6) is 17.4 Å². The fourth-order valence-electron chi connectivity index (χ4n) is 2.51. The standard InChI is InChI=1S/C20H25F3N4O3.HI/c1-4-24-19(26-11-14-7-8-16(28-2)17(10-14)29-3)27-12-15-6-5-9-25-18(15)30-13-20(21,22)23;/h5-10H,4,11-13H2,1-3H3,(H2,24,26,27);1H. The molecule has 2 N–H and O–H groups in total. The maximum absolute atomic E-state index is 12.4. The molecule has 31 heavy (non-hydrogen) atoms. The smallest absolute Gasteiger partial charge is 0.422 e. The van der Waals surface area contributed by atoms with E-state index < -0.39 is 12.8 Å². The van der Waals surface area contributed by atoms with Crippen molar-refractivity contribution in [3.05, 3.63) is 47.7 Å². The van der Waals surface area contributed by atoms with E-state index in [-0.39, 0.29) is 36.4 Å². The molecule has 1 aromatic carbocycles. The van der Waals surface area contributed by atoms with Crippen molar-refractivity contribution in [2.24, 2.45) is 4.99 Å². The maximum Gasteiger partial charge on any atom is 0.422 e. The third-order valence-electron chi connectivity index (χ3n) is 3.88. The summed E-state index contributed by atoms with van der Waals surface area (Å²) in [5.41, 5.74) is 1.39. The van der Waals surface area contributed by atoms with E-state index >= 15 is 0 Å². The predicted molar refractivity (Wildman–Crippen MR) is 122 cm³/mol. The van der Waals surface area contributed by atoms with Crippen LogP contribution in [0.2, 0.25) is 0 Å². The molecule has 0 aliphatic carbocycles. The fraction of sp³-hybridized carbons (Fsp3) is 0.400. The Morgan fingerprint density at radius 3 is 2.48 bits per heavy atom. The Morgan fingerprint density at radius 2 is 1.84 bits per heavy atom. The molecule has 0 saturated carbocycles. The lowest BCUT2D eigenvalue weighted by Crippen LogP contribution is -2.37. The Kier molecular flexibility index (Phi) is 11.2. The van der Waals surface area contributed by atoms with Crippen molar-refractivity contribution in [2.75, 3.05) is 27.4 Å². The van der Waals surface area contributed by atoms with Crippen LogP contribution in [-0.4, -0.2) is 44.5 Å². The van der Waals surface area contributed by atoms with Crippen molar-refractivity contribution in [1.82, 2.24) is 15.6 Å². The lowest BCUT2D eigenvalue weighted by Gasteiger charge is -2.15. The Bertz CT molecular complexity index is 851. The molecule has 0 atom stereocenters. The molecule has 0 aliphatic rings. The summed E-state index contributed by atoms with van der Waals surface area (Å²) < 4.78 is 52.6. The average Bonchev–Trinajstić information content (AvgIpc) is 2.74. The zero-order valence-corrected chi connectivity index (χ0v) is 19.8. The molecule has 1 aromatic heterocycles. The zero-order valence-electron chi connectivity index (χ0n) is 17.5. The monoisotopic (exact) mass is 554 g/mol. The zero-order chi connectivity index (χ0) is 22.0. The summed E-state index contributed by atoms with van der Waals surface area (Å²) in [5.74, 6) is 1.65. The number of nitrogens with one attached hydrogen (secondary N) is 2. The molecular formula is C20H26F3IN4O3. The van der Waals surface area contributed by atoms with E-state index in [2.05, 4.69) is 20.6 Å². The molecule has 2 rings (SSSR count). The largest absolute Gasteiger partial charge is 0.493 e. The van der Waals surface area contributed by atoms with Crippen LogP contribution in [0, 0.1) is 0 Å². The number of ether oxygens (including phenoxy) is 3. The lowest BCUT2D eigenvalue weighted by atomic mass is 10.2. The van der Waals surface area contributed by atoms with E-state index in [4.69, 9.17) is 14.2 Å². The number of methoxy groups -OCH3 is 2. The minimum absolute atomic E-state index is 0. The van der Waals surface area contributed by atoms with Crippen LogP contribution in [0.4, 0.5) is 13.2 Å². The third-order valence-corrected chi connectivity index (χ3v) is 3.88. The number of halogens is 4. The molecule has 0 saturated heterocycles. The van der Waals surface area contributed by atoms with Gasteiger partial charge in [-0.2, -0.15) is 13.2 Å². The van der Waals surface area contributed by atoms with Crippen molar-refractivity contribution >= 4 is 29.9 Å². The molecule has 0 unspecified atom stereocenters. The number of nitrogens with zero attached hydrogens (tertiary/aromatic N) is 2. The van der Waals surface area contributed by atoms with Crippen LogP contribution in [0.25, 0.3) is 0 Å². The molecule has 0 aliphatic heterocycles. The first kappa shape index (κ1) is 26.6. The Labute approximate surface area is 196 Å². The normalized spacial score (nSPS) is 11.4. The van der Waals surface area contributed by atoms with E-state index in [9.17, 15) is 13.2 Å². The van der Waals surface area contributed by atoms with Crippen molar-refractivity contribution in [1.29, 1.82) is 0 Å². The van der Waals surface area contributed by atoms with E-state index in [1.807, 2.05) is 19.1 Å². The summed E-state index contributed by atoms with van der Waals surface area (Å²) >= 11 is 0. The summed E-state index contributed by atoms with van der Waals surface area (Å²) in [6.45, 7) is 1.68. The lowest BCUT2D eigenvalue weighted by molar-refractivity contribution is -0.154. The first-order valence-corrected chi connectivity index (χ1v) is 9.22. The summed E-state index contributed by atoms with van der Waals surface area (Å²) in [4.78, 5) is 8.39. The molecule has 0 bridgehead atoms. The van der Waals surface area contributed by atoms with Gasteiger partial charge in [0.2, 0.25) is 5.88 Å². The minimum Gasteiger partial charge on any atom is -0.493 e. The number of guanidine groups is 1. The van der Waals surface area contributed by atoms with E-state index in [0.29, 0.717) is 36.1 Å². The number of hydrogen-bond donors (Lipinski definition) is 2. The summed E-state index contributed by atoms with van der Waals surface area (Å²) in [6, 6.07) is 8.77. The molecule has 0 amide bonds. The van der Waals surface area contributed by atoms with Gasteiger partial charge in [0.15, 0.2) is 24.1 Å². The van der Waals surface area contributed by atoms with Gasteiger partial charge in [0.25, 0.3) is 0 Å². The number of alkyl halides is 3. The number of aliphatic imine (C=N–C) groups is 1. The van der Waals surface area contributed by atoms with Gasteiger partial charge >= 0.3 is 6.18 Å². The van der Waals surface area contributed by atoms with Crippen LogP contribution < -0.4 is 24.8 Å². The average molecular weight is 554 g/mol. The number of aromatic nitrogens is 1. The number of pyridine rings is 1. The van der Waals surface area contributed by atoms with Crippen LogP contribution in [0.3, 0.4) is 0 Å². The summed E-state index contributed by atoms with van der Waals surface area (Å²) in [6.07, 6.45) is -3.05. The van der Waals surface area contributed by atoms with Gasteiger partial charge in [0.1, 0.15) is 0 Å². The summed E-state index contributed by atoms with van der Waals surface area (Å²) in [5, 5.41) is 6.17. The van der Waals surface area contributed by atoms with Crippen LogP contribution >= 0.6 is 24.0 Å². The highest BCUT2D eigenvalue weighted by atomic mass is 127. The quantitative estimate of drug-likeness (QED) is 0.278. The second-order valence-electron chi connectivity index (χ2n) is 6.11. The Balaban J connectivity index is 0.00000480. The van der Waals surface area contributed by atoms with E-state index in [1.165, 1.54) is 6.20 Å². The van der Waals surface area contributed by atoms with Crippen molar-refractivity contribution in [2.45, 2.75) is 26.2 Å². The van der Waals surface area contributed by atoms with Crippen LogP contribution in [0.15, 0.2) is 41.5 Å². The number of hydrogen-bond acceptors (Lipinski definition) is 5. The van der Waals surface area contributed by atoms with Crippen molar-refractivity contribution in [3.63, 3.8) is 0 Å². The molecule has 0 fully saturated rings. The molecule has 11 heteroatoms. The Morgan fingerprint density at radius 1 is 1.10 bits per heavy atom. The first-order chi connectivity index (χ1) is 14.4. The SMILES string of the molecule is CCNC(=NCc1ccc(OC)c(OC)c1)NCc1cccnc1OCC(F)(F)F.I. The highest BCUT2D eigenvalue weighted by Crippen LogP contribution is 2.27. The van der Waals surface area contributed by atoms with Gasteiger partial charge < -0.3 is 24.8 Å².